The number of alkyl halides is 3. The fraction of sp³-hybridized carbons (Fsp3) is 0.462. The Bertz CT molecular complexity index is 1110. The highest BCUT2D eigenvalue weighted by molar-refractivity contribution is 5.60. The van der Waals surface area contributed by atoms with Crippen LogP contribution in [0.15, 0.2) is 48.5 Å². The molecule has 0 fully saturated rings. The molecule has 0 saturated carbocycles. The maximum absolute atomic E-state index is 13.0. The molecule has 3 rings (SSSR count). The molecule has 3 aromatic rings. The van der Waals surface area contributed by atoms with Gasteiger partial charge in [-0.2, -0.15) is 18.2 Å². The van der Waals surface area contributed by atoms with E-state index in [1.807, 2.05) is 27.7 Å². The van der Waals surface area contributed by atoms with Crippen molar-refractivity contribution in [1.29, 1.82) is 0 Å². The molecule has 37 heavy (non-hydrogen) atoms. The summed E-state index contributed by atoms with van der Waals surface area (Å²) in [4.78, 5) is 4.40. The van der Waals surface area contributed by atoms with Crippen LogP contribution in [0, 0.1) is 0 Å². The highest BCUT2D eigenvalue weighted by atomic mass is 19.4. The summed E-state index contributed by atoms with van der Waals surface area (Å²) in [6, 6.07) is 12.0. The minimum absolute atomic E-state index is 0.0822. The highest BCUT2D eigenvalue weighted by Crippen LogP contribution is 2.31. The van der Waals surface area contributed by atoms with Crippen molar-refractivity contribution < 1.29 is 32.5 Å². The van der Waals surface area contributed by atoms with Crippen molar-refractivity contribution in [3.63, 3.8) is 0 Å². The summed E-state index contributed by atoms with van der Waals surface area (Å²) in [7, 11) is 0. The Kier molecular flexibility index (Phi) is 9.52. The van der Waals surface area contributed by atoms with Crippen molar-refractivity contribution in [3.05, 3.63) is 54.1 Å². The van der Waals surface area contributed by atoms with Crippen molar-refractivity contribution in [3.8, 4) is 23.1 Å². The van der Waals surface area contributed by atoms with Gasteiger partial charge >= 0.3 is 12.2 Å². The Morgan fingerprint density at radius 3 is 2.27 bits per heavy atom. The van der Waals surface area contributed by atoms with Gasteiger partial charge < -0.3 is 24.6 Å². The molecule has 0 spiro atoms. The van der Waals surface area contributed by atoms with E-state index in [0.29, 0.717) is 36.8 Å². The van der Waals surface area contributed by atoms with Gasteiger partial charge in [0.1, 0.15) is 6.61 Å². The van der Waals surface area contributed by atoms with E-state index in [9.17, 15) is 18.3 Å². The van der Waals surface area contributed by atoms with Crippen LogP contribution in [0.1, 0.15) is 33.3 Å². The lowest BCUT2D eigenvalue weighted by Crippen LogP contribution is -2.30. The topological polar surface area (TPSA) is 90.7 Å². The Morgan fingerprint density at radius 1 is 1.00 bits per heavy atom. The lowest BCUT2D eigenvalue weighted by Gasteiger charge is -2.22. The van der Waals surface area contributed by atoms with Crippen LogP contribution in [0.4, 0.5) is 18.9 Å². The average molecular weight is 523 g/mol. The zero-order valence-corrected chi connectivity index (χ0v) is 21.4. The molecule has 11 heteroatoms. The second-order valence-electron chi connectivity index (χ2n) is 9.26. The van der Waals surface area contributed by atoms with Crippen LogP contribution in [-0.2, 0) is 15.7 Å². The summed E-state index contributed by atoms with van der Waals surface area (Å²) < 4.78 is 57.0. The molecule has 0 amide bonds. The first-order valence-corrected chi connectivity index (χ1v) is 12.0. The number of nitrogens with one attached hydrogen (secondary N) is 1. The molecule has 0 bridgehead atoms. The first-order chi connectivity index (χ1) is 17.5. The number of anilines is 1. The second kappa shape index (κ2) is 12.4. The molecule has 0 saturated heterocycles. The zero-order valence-electron chi connectivity index (χ0n) is 21.4. The van der Waals surface area contributed by atoms with E-state index in [4.69, 9.17) is 14.2 Å². The number of aromatic nitrogens is 3. The van der Waals surface area contributed by atoms with Gasteiger partial charge in [-0.15, -0.1) is 5.10 Å². The molecule has 1 aromatic heterocycles. The van der Waals surface area contributed by atoms with Crippen LogP contribution in [-0.4, -0.2) is 64.5 Å². The minimum atomic E-state index is -4.44. The van der Waals surface area contributed by atoms with Crippen LogP contribution >= 0.6 is 0 Å². The fourth-order valence-electron chi connectivity index (χ4n) is 3.23. The number of nitrogens with zero attached hydrogens (tertiary/aromatic N) is 3. The molecule has 1 atom stereocenters. The number of hydrogen-bond donors (Lipinski definition) is 2. The van der Waals surface area contributed by atoms with E-state index in [-0.39, 0.29) is 24.8 Å². The summed E-state index contributed by atoms with van der Waals surface area (Å²) >= 11 is 0. The highest BCUT2D eigenvalue weighted by Gasteiger charge is 2.30. The monoisotopic (exact) mass is 522 g/mol. The Hall–Kier alpha value is -3.15. The smallest absolute Gasteiger partial charge is 0.416 e. The second-order valence-corrected chi connectivity index (χ2v) is 9.26. The molecule has 0 radical (unpaired) electrons. The lowest BCUT2D eigenvalue weighted by atomic mass is 10.1. The summed E-state index contributed by atoms with van der Waals surface area (Å²) in [5, 5.41) is 17.7. The summed E-state index contributed by atoms with van der Waals surface area (Å²) in [6.45, 7) is 9.27. The number of aliphatic hydroxyl groups excluding tert-OH is 1. The Morgan fingerprint density at radius 2 is 1.68 bits per heavy atom. The van der Waals surface area contributed by atoms with E-state index >= 15 is 0 Å². The number of aliphatic hydroxyl groups is 1. The number of halogens is 3. The third kappa shape index (κ3) is 8.73. The van der Waals surface area contributed by atoms with Crippen molar-refractivity contribution in [1.82, 2.24) is 14.8 Å². The average Bonchev–Trinajstić information content (AvgIpc) is 3.28. The Balaban J connectivity index is 1.78. The molecular weight excluding hydrogens is 489 g/mol. The minimum Gasteiger partial charge on any atom is -0.460 e. The first-order valence-electron chi connectivity index (χ1n) is 12.0. The molecular formula is C26H33F3N4O4. The quantitative estimate of drug-likeness (QED) is 0.325. The largest absolute Gasteiger partial charge is 0.460 e. The third-order valence-corrected chi connectivity index (χ3v) is 5.08. The normalized spacial score (nSPS) is 13.0. The van der Waals surface area contributed by atoms with Crippen LogP contribution < -0.4 is 10.1 Å². The van der Waals surface area contributed by atoms with Gasteiger partial charge in [0.2, 0.25) is 0 Å². The van der Waals surface area contributed by atoms with Crippen molar-refractivity contribution in [2.75, 3.05) is 38.3 Å². The predicted molar refractivity (Wildman–Crippen MR) is 134 cm³/mol. The Labute approximate surface area is 214 Å². The summed E-state index contributed by atoms with van der Waals surface area (Å²) in [5.74, 6) is 0.329. The molecule has 8 nitrogen and oxygen atoms in total. The van der Waals surface area contributed by atoms with Crippen LogP contribution in [0.5, 0.6) is 6.01 Å². The maximum atomic E-state index is 13.0. The van der Waals surface area contributed by atoms with Gasteiger partial charge in [-0.25, -0.2) is 4.68 Å². The third-order valence-electron chi connectivity index (χ3n) is 5.08. The zero-order chi connectivity index (χ0) is 27.1. The first kappa shape index (κ1) is 28.4. The standard InChI is InChI=1S/C26H33F3N4O4/c1-5-35-14-15-36-24-31-23(18-6-8-19(9-7-18)26(27,28)29)33(32-24)21-12-10-20(11-13-21)30-16-22(34)17-37-25(2,3)4/h6-13,22,30,34H,5,14-17H2,1-4H3/t22-/m0/s1. The number of ether oxygens (including phenoxy) is 3. The van der Waals surface area contributed by atoms with Crippen LogP contribution in [0.2, 0.25) is 0 Å². The molecule has 0 aliphatic heterocycles. The number of hydrogen-bond acceptors (Lipinski definition) is 7. The summed E-state index contributed by atoms with van der Waals surface area (Å²) in [6.07, 6.45) is -5.12. The maximum Gasteiger partial charge on any atom is 0.416 e. The van der Waals surface area contributed by atoms with Crippen LogP contribution in [0.3, 0.4) is 0 Å². The SMILES string of the molecule is CCOCCOc1nc(-c2ccc(C(F)(F)F)cc2)n(-c2ccc(NC[C@H](O)COC(C)(C)C)cc2)n1. The van der Waals surface area contributed by atoms with Crippen molar-refractivity contribution in [2.45, 2.75) is 45.6 Å². The van der Waals surface area contributed by atoms with Crippen molar-refractivity contribution >= 4 is 5.69 Å². The van der Waals surface area contributed by atoms with Gasteiger partial charge in [0.15, 0.2) is 5.82 Å². The van der Waals surface area contributed by atoms with Gasteiger partial charge in [0.05, 0.1) is 36.2 Å². The molecule has 202 valence electrons. The molecule has 1 heterocycles. The van der Waals surface area contributed by atoms with Gasteiger partial charge in [-0.3, -0.25) is 0 Å². The number of benzene rings is 2. The number of rotatable bonds is 12. The molecule has 2 aromatic carbocycles. The van der Waals surface area contributed by atoms with E-state index in [2.05, 4.69) is 15.4 Å². The van der Waals surface area contributed by atoms with Gasteiger partial charge in [-0.05, 0) is 64.1 Å². The molecule has 2 N–H and O–H groups in total. The van der Waals surface area contributed by atoms with E-state index in [1.165, 1.54) is 16.8 Å². The summed E-state index contributed by atoms with van der Waals surface area (Å²) in [5.41, 5.74) is 0.758. The van der Waals surface area contributed by atoms with Crippen LogP contribution in [0.25, 0.3) is 17.1 Å². The molecule has 0 aliphatic rings. The van der Waals surface area contributed by atoms with Gasteiger partial charge in [0.25, 0.3) is 0 Å². The predicted octanol–water partition coefficient (Wildman–Crippen LogP) is 4.96. The lowest BCUT2D eigenvalue weighted by molar-refractivity contribution is -0.137. The molecule has 0 unspecified atom stereocenters. The van der Waals surface area contributed by atoms with Crippen molar-refractivity contribution in [2.24, 2.45) is 0 Å². The fourth-order valence-corrected chi connectivity index (χ4v) is 3.23. The van der Waals surface area contributed by atoms with Gasteiger partial charge in [-0.1, -0.05) is 12.1 Å². The van der Waals surface area contributed by atoms with E-state index in [0.717, 1.165) is 17.8 Å². The molecule has 0 aliphatic carbocycles. The van der Waals surface area contributed by atoms with E-state index in [1.54, 1.807) is 24.3 Å². The van der Waals surface area contributed by atoms with Gasteiger partial charge in [0, 0.05) is 24.4 Å². The van der Waals surface area contributed by atoms with E-state index < -0.39 is 17.8 Å².